The maximum Gasteiger partial charge on any atom is 0.396 e. The first kappa shape index (κ1) is 12.7. The predicted octanol–water partition coefficient (Wildman–Crippen LogP) is 1.74. The van der Waals surface area contributed by atoms with Gasteiger partial charge in [-0.05, 0) is 13.0 Å². The van der Waals surface area contributed by atoms with E-state index in [0.717, 1.165) is 0 Å². The monoisotopic (exact) mass is 263 g/mol. The molecule has 0 spiro atoms. The van der Waals surface area contributed by atoms with Gasteiger partial charge in [-0.2, -0.15) is 0 Å². The maximum absolute atomic E-state index is 11.2. The number of ether oxygens (including phenoxy) is 1. The molecular formula is C11H9N3O5. The standard InChI is InChI=1S/C11H9N3O5/c1-6-3-4-7(5-8(6)14(16)17)9-12-13-10(19-9)11(15)18-2/h3-5H,1-2H3. The van der Waals surface area contributed by atoms with Crippen LogP contribution in [0.3, 0.4) is 0 Å². The van der Waals surface area contributed by atoms with E-state index in [9.17, 15) is 14.9 Å². The highest BCUT2D eigenvalue weighted by Gasteiger charge is 2.18. The molecule has 0 radical (unpaired) electrons. The molecule has 8 nitrogen and oxygen atoms in total. The summed E-state index contributed by atoms with van der Waals surface area (Å²) < 4.78 is 9.50. The molecule has 0 atom stereocenters. The van der Waals surface area contributed by atoms with Crippen LogP contribution in [0.1, 0.15) is 16.2 Å². The first-order valence-electron chi connectivity index (χ1n) is 5.20. The molecule has 1 aromatic heterocycles. The third-order valence-electron chi connectivity index (χ3n) is 2.44. The van der Waals surface area contributed by atoms with Gasteiger partial charge < -0.3 is 9.15 Å². The lowest BCUT2D eigenvalue weighted by molar-refractivity contribution is -0.385. The average Bonchev–Trinajstić information content (AvgIpc) is 2.87. The van der Waals surface area contributed by atoms with Crippen molar-refractivity contribution in [3.05, 3.63) is 39.8 Å². The molecule has 98 valence electrons. The van der Waals surface area contributed by atoms with Gasteiger partial charge in [-0.3, -0.25) is 10.1 Å². The van der Waals surface area contributed by atoms with Crippen LogP contribution in [0.4, 0.5) is 5.69 Å². The number of hydrogen-bond acceptors (Lipinski definition) is 7. The van der Waals surface area contributed by atoms with Gasteiger partial charge in [-0.25, -0.2) is 4.79 Å². The van der Waals surface area contributed by atoms with E-state index in [2.05, 4.69) is 14.9 Å². The van der Waals surface area contributed by atoms with Crippen LogP contribution in [0.5, 0.6) is 0 Å². The van der Waals surface area contributed by atoms with Gasteiger partial charge in [0, 0.05) is 17.2 Å². The number of rotatable bonds is 3. The van der Waals surface area contributed by atoms with E-state index in [1.807, 2.05) is 0 Å². The summed E-state index contributed by atoms with van der Waals surface area (Å²) in [5, 5.41) is 18.0. The van der Waals surface area contributed by atoms with E-state index < -0.39 is 10.9 Å². The van der Waals surface area contributed by atoms with Gasteiger partial charge in [0.15, 0.2) is 0 Å². The lowest BCUT2D eigenvalue weighted by Gasteiger charge is -1.98. The number of esters is 1. The smallest absolute Gasteiger partial charge is 0.396 e. The highest BCUT2D eigenvalue weighted by atomic mass is 16.6. The molecule has 2 aromatic rings. The van der Waals surface area contributed by atoms with Crippen LogP contribution in [-0.4, -0.2) is 28.2 Å². The van der Waals surface area contributed by atoms with E-state index in [0.29, 0.717) is 11.1 Å². The summed E-state index contributed by atoms with van der Waals surface area (Å²) in [6.45, 7) is 1.62. The van der Waals surface area contributed by atoms with Gasteiger partial charge in [0.2, 0.25) is 5.89 Å². The Balaban J connectivity index is 2.42. The van der Waals surface area contributed by atoms with Crippen LogP contribution in [-0.2, 0) is 4.74 Å². The van der Waals surface area contributed by atoms with Crippen LogP contribution in [0.25, 0.3) is 11.5 Å². The maximum atomic E-state index is 11.2. The van der Waals surface area contributed by atoms with Crippen LogP contribution in [0, 0.1) is 17.0 Å². The van der Waals surface area contributed by atoms with Crippen molar-refractivity contribution in [1.82, 2.24) is 10.2 Å². The normalized spacial score (nSPS) is 10.2. The molecule has 0 aliphatic carbocycles. The van der Waals surface area contributed by atoms with Crippen LogP contribution >= 0.6 is 0 Å². The second kappa shape index (κ2) is 4.84. The van der Waals surface area contributed by atoms with Crippen molar-refractivity contribution >= 4 is 11.7 Å². The lowest BCUT2D eigenvalue weighted by atomic mass is 10.1. The van der Waals surface area contributed by atoms with Crippen molar-refractivity contribution in [2.24, 2.45) is 0 Å². The van der Waals surface area contributed by atoms with Gasteiger partial charge in [0.25, 0.3) is 5.69 Å². The van der Waals surface area contributed by atoms with Crippen molar-refractivity contribution in [2.75, 3.05) is 7.11 Å². The molecule has 2 rings (SSSR count). The number of aromatic nitrogens is 2. The number of nitrogens with zero attached hydrogens (tertiary/aromatic N) is 3. The number of aryl methyl sites for hydroxylation is 1. The zero-order chi connectivity index (χ0) is 14.0. The summed E-state index contributed by atoms with van der Waals surface area (Å²) in [6.07, 6.45) is 0. The molecular weight excluding hydrogens is 254 g/mol. The van der Waals surface area contributed by atoms with E-state index in [4.69, 9.17) is 4.42 Å². The van der Waals surface area contributed by atoms with Gasteiger partial charge >= 0.3 is 11.9 Å². The topological polar surface area (TPSA) is 108 Å². The molecule has 19 heavy (non-hydrogen) atoms. The highest BCUT2D eigenvalue weighted by molar-refractivity contribution is 5.84. The van der Waals surface area contributed by atoms with Crippen molar-refractivity contribution in [2.45, 2.75) is 6.92 Å². The minimum absolute atomic E-state index is 0.0171. The number of nitro groups is 1. The molecule has 1 heterocycles. The SMILES string of the molecule is COC(=O)c1nnc(-c2ccc(C)c([N+](=O)[O-])c2)o1. The Bertz CT molecular complexity index is 650. The number of benzene rings is 1. The molecule has 0 saturated carbocycles. The molecule has 0 N–H and O–H groups in total. The number of nitro benzene ring substituents is 1. The van der Waals surface area contributed by atoms with Crippen molar-refractivity contribution in [1.29, 1.82) is 0 Å². The Kier molecular flexibility index (Phi) is 3.23. The van der Waals surface area contributed by atoms with Crippen LogP contribution in [0.15, 0.2) is 22.6 Å². The Labute approximate surface area is 107 Å². The zero-order valence-corrected chi connectivity index (χ0v) is 10.1. The van der Waals surface area contributed by atoms with E-state index in [1.54, 1.807) is 19.1 Å². The Morgan fingerprint density at radius 3 is 2.79 bits per heavy atom. The fourth-order valence-electron chi connectivity index (χ4n) is 1.45. The van der Waals surface area contributed by atoms with Crippen molar-refractivity contribution in [3.63, 3.8) is 0 Å². The Morgan fingerprint density at radius 2 is 2.16 bits per heavy atom. The van der Waals surface area contributed by atoms with Crippen molar-refractivity contribution < 1.29 is 18.9 Å². The molecule has 8 heteroatoms. The first-order valence-corrected chi connectivity index (χ1v) is 5.20. The van der Waals surface area contributed by atoms with Gasteiger partial charge in [0.05, 0.1) is 12.0 Å². The summed E-state index contributed by atoms with van der Waals surface area (Å²) >= 11 is 0. The average molecular weight is 263 g/mol. The predicted molar refractivity (Wildman–Crippen MR) is 62.5 cm³/mol. The zero-order valence-electron chi connectivity index (χ0n) is 10.1. The Hall–Kier alpha value is -2.77. The third kappa shape index (κ3) is 2.41. The molecule has 0 saturated heterocycles. The molecule has 0 aliphatic heterocycles. The summed E-state index contributed by atoms with van der Waals surface area (Å²) in [6, 6.07) is 4.47. The fourth-order valence-corrected chi connectivity index (χ4v) is 1.45. The molecule has 0 aliphatic rings. The van der Waals surface area contributed by atoms with Gasteiger partial charge in [0.1, 0.15) is 0 Å². The van der Waals surface area contributed by atoms with E-state index >= 15 is 0 Å². The number of carbonyl (C=O) groups is 1. The summed E-state index contributed by atoms with van der Waals surface area (Å²) in [5.74, 6) is -1.05. The van der Waals surface area contributed by atoms with Crippen molar-refractivity contribution in [3.8, 4) is 11.5 Å². The summed E-state index contributed by atoms with van der Waals surface area (Å²) in [4.78, 5) is 21.5. The quantitative estimate of drug-likeness (QED) is 0.471. The largest absolute Gasteiger partial charge is 0.462 e. The van der Waals surface area contributed by atoms with Crippen LogP contribution < -0.4 is 0 Å². The minimum Gasteiger partial charge on any atom is -0.462 e. The van der Waals surface area contributed by atoms with E-state index in [-0.39, 0.29) is 17.5 Å². The molecule has 1 aromatic carbocycles. The third-order valence-corrected chi connectivity index (χ3v) is 2.44. The second-order valence-corrected chi connectivity index (χ2v) is 3.66. The fraction of sp³-hybridized carbons (Fsp3) is 0.182. The first-order chi connectivity index (χ1) is 9.02. The number of carbonyl (C=O) groups excluding carboxylic acids is 1. The Morgan fingerprint density at radius 1 is 1.42 bits per heavy atom. The second-order valence-electron chi connectivity index (χ2n) is 3.66. The molecule has 0 amide bonds. The van der Waals surface area contributed by atoms with Gasteiger partial charge in [-0.1, -0.05) is 6.07 Å². The number of hydrogen-bond donors (Lipinski definition) is 0. The lowest BCUT2D eigenvalue weighted by Crippen LogP contribution is -2.00. The number of methoxy groups -OCH3 is 1. The molecule has 0 bridgehead atoms. The highest BCUT2D eigenvalue weighted by Crippen LogP contribution is 2.25. The summed E-state index contributed by atoms with van der Waals surface area (Å²) in [5.41, 5.74) is 0.816. The van der Waals surface area contributed by atoms with E-state index in [1.165, 1.54) is 13.2 Å². The minimum atomic E-state index is -0.764. The summed E-state index contributed by atoms with van der Waals surface area (Å²) in [7, 11) is 1.18. The van der Waals surface area contributed by atoms with Gasteiger partial charge in [-0.15, -0.1) is 10.2 Å². The van der Waals surface area contributed by atoms with Crippen LogP contribution in [0.2, 0.25) is 0 Å². The molecule has 0 unspecified atom stereocenters. The molecule has 0 fully saturated rings.